The van der Waals surface area contributed by atoms with Crippen LogP contribution in [0.15, 0.2) is 42.5 Å². The minimum atomic E-state index is -1.87. The smallest absolute Gasteiger partial charge is 0.344 e. The van der Waals surface area contributed by atoms with Crippen LogP contribution in [0.5, 0.6) is 0 Å². The van der Waals surface area contributed by atoms with Crippen LogP contribution in [0, 0.1) is 20.8 Å². The van der Waals surface area contributed by atoms with Gasteiger partial charge in [-0.1, -0.05) is 48.0 Å². The SMILES string of the molecule is Cc1cc(C)c(NC(=O)C2([P+](C)(C)CC(=O)OCc3ccccc3)CCC2)c(C)c1. The van der Waals surface area contributed by atoms with E-state index in [0.29, 0.717) is 6.16 Å². The molecule has 3 rings (SSSR count). The third-order valence-corrected chi connectivity index (χ3v) is 10.5. The van der Waals surface area contributed by atoms with Gasteiger partial charge in [0.2, 0.25) is 0 Å². The van der Waals surface area contributed by atoms with Gasteiger partial charge in [-0.25, -0.2) is 4.79 Å². The number of ether oxygens (including phenoxy) is 1. The van der Waals surface area contributed by atoms with Gasteiger partial charge in [-0.2, -0.15) is 0 Å². The number of rotatable bonds is 7. The highest BCUT2D eigenvalue weighted by Crippen LogP contribution is 2.70. The van der Waals surface area contributed by atoms with Gasteiger partial charge >= 0.3 is 5.97 Å². The summed E-state index contributed by atoms with van der Waals surface area (Å²) >= 11 is 0. The predicted octanol–water partition coefficient (Wildman–Crippen LogP) is 5.49. The topological polar surface area (TPSA) is 55.4 Å². The number of carbonyl (C=O) groups excluding carboxylic acids is 2. The number of amides is 1. The van der Waals surface area contributed by atoms with Crippen LogP contribution in [0.25, 0.3) is 0 Å². The molecule has 5 heteroatoms. The Morgan fingerprint density at radius 3 is 2.17 bits per heavy atom. The number of benzene rings is 2. The molecule has 1 aliphatic carbocycles. The summed E-state index contributed by atoms with van der Waals surface area (Å²) in [5, 5.41) is 2.78. The lowest BCUT2D eigenvalue weighted by Gasteiger charge is -2.45. The molecule has 2 aromatic rings. The Kier molecular flexibility index (Phi) is 6.67. The van der Waals surface area contributed by atoms with Gasteiger partial charge in [0.05, 0.1) is 13.3 Å². The van der Waals surface area contributed by atoms with Gasteiger partial charge in [0.25, 0.3) is 5.91 Å². The monoisotopic (exact) mass is 426 g/mol. The fourth-order valence-corrected chi connectivity index (χ4v) is 7.66. The summed E-state index contributed by atoms with van der Waals surface area (Å²) in [6.45, 7) is 10.7. The van der Waals surface area contributed by atoms with E-state index in [9.17, 15) is 9.59 Å². The predicted molar refractivity (Wildman–Crippen MR) is 126 cm³/mol. The summed E-state index contributed by atoms with van der Waals surface area (Å²) in [5.74, 6) is -0.142. The van der Waals surface area contributed by atoms with Gasteiger partial charge in [0, 0.05) is 12.9 Å². The Bertz CT molecular complexity index is 910. The standard InChI is InChI=1S/C25H32NO3P/c1-18-14-19(2)23(20(3)15-18)26-24(28)25(12-9-13-25)30(4,5)17-22(27)29-16-21-10-7-6-8-11-21/h6-8,10-11,14-15H,9,12-13,16-17H2,1-5H3/p+1. The van der Waals surface area contributed by atoms with Crippen molar-refractivity contribution < 1.29 is 14.3 Å². The van der Waals surface area contributed by atoms with Gasteiger partial charge in [-0.05, 0) is 56.7 Å². The average molecular weight is 427 g/mol. The Labute approximate surface area is 180 Å². The average Bonchev–Trinajstić information content (AvgIpc) is 2.62. The van der Waals surface area contributed by atoms with Crippen molar-refractivity contribution in [1.82, 2.24) is 0 Å². The van der Waals surface area contributed by atoms with Crippen molar-refractivity contribution in [3.05, 3.63) is 64.7 Å². The third kappa shape index (κ3) is 4.59. The van der Waals surface area contributed by atoms with Crippen molar-refractivity contribution >= 4 is 24.8 Å². The van der Waals surface area contributed by atoms with Gasteiger partial charge in [-0.3, -0.25) is 4.79 Å². The summed E-state index contributed by atoms with van der Waals surface area (Å²) < 4.78 is 5.53. The number of aryl methyl sites for hydroxylation is 3. The van der Waals surface area contributed by atoms with E-state index in [1.54, 1.807) is 0 Å². The summed E-state index contributed by atoms with van der Waals surface area (Å²) in [6.07, 6.45) is 3.05. The van der Waals surface area contributed by atoms with Crippen LogP contribution in [-0.2, 0) is 20.9 Å². The zero-order valence-electron chi connectivity index (χ0n) is 18.7. The van der Waals surface area contributed by atoms with Gasteiger partial charge in [0.15, 0.2) is 11.3 Å². The van der Waals surface area contributed by atoms with Crippen LogP contribution >= 0.6 is 7.26 Å². The molecule has 1 aliphatic rings. The Morgan fingerprint density at radius 2 is 1.63 bits per heavy atom. The molecule has 0 saturated heterocycles. The molecule has 0 aliphatic heterocycles. The highest BCUT2D eigenvalue weighted by molar-refractivity contribution is 7.77. The fourth-order valence-electron chi connectivity index (χ4n) is 4.48. The van der Waals surface area contributed by atoms with Crippen LogP contribution in [-0.4, -0.2) is 36.5 Å². The van der Waals surface area contributed by atoms with E-state index < -0.39 is 12.4 Å². The summed E-state index contributed by atoms with van der Waals surface area (Å²) in [6, 6.07) is 13.9. The quantitative estimate of drug-likeness (QED) is 0.470. The van der Waals surface area contributed by atoms with Gasteiger partial charge in [0.1, 0.15) is 6.61 Å². The fraction of sp³-hybridized carbons (Fsp3) is 0.440. The van der Waals surface area contributed by atoms with Crippen LogP contribution in [0.4, 0.5) is 5.69 Å². The van der Waals surface area contributed by atoms with Crippen molar-refractivity contribution in [2.45, 2.75) is 51.8 Å². The van der Waals surface area contributed by atoms with Gasteiger partial charge < -0.3 is 10.1 Å². The molecule has 0 radical (unpaired) electrons. The van der Waals surface area contributed by atoms with E-state index in [0.717, 1.165) is 41.6 Å². The molecule has 0 aromatic heterocycles. The minimum absolute atomic E-state index is 0.0676. The van der Waals surface area contributed by atoms with E-state index in [1.807, 2.05) is 44.2 Å². The van der Waals surface area contributed by atoms with Crippen molar-refractivity contribution in [2.24, 2.45) is 0 Å². The maximum Gasteiger partial charge on any atom is 0.344 e. The molecule has 1 amide bonds. The van der Waals surface area contributed by atoms with E-state index in [1.165, 1.54) is 5.56 Å². The number of carbonyl (C=O) groups is 2. The van der Waals surface area contributed by atoms with Crippen LogP contribution in [0.3, 0.4) is 0 Å². The first-order valence-electron chi connectivity index (χ1n) is 10.6. The molecular formula is C25H33NO3P+. The molecule has 0 bridgehead atoms. The summed E-state index contributed by atoms with van der Waals surface area (Å²) in [4.78, 5) is 26.1. The first-order chi connectivity index (χ1) is 14.1. The maximum atomic E-state index is 13.5. The molecule has 0 atom stereocenters. The van der Waals surface area contributed by atoms with E-state index in [-0.39, 0.29) is 18.5 Å². The Hall–Kier alpha value is -2.19. The van der Waals surface area contributed by atoms with E-state index >= 15 is 0 Å². The molecule has 1 fully saturated rings. The molecular weight excluding hydrogens is 393 g/mol. The molecule has 4 nitrogen and oxygen atoms in total. The number of esters is 1. The molecule has 1 N–H and O–H groups in total. The molecule has 0 unspecified atom stereocenters. The number of anilines is 1. The summed E-state index contributed by atoms with van der Waals surface area (Å²) in [5.41, 5.74) is 5.23. The lowest BCUT2D eigenvalue weighted by molar-refractivity contribution is -0.141. The third-order valence-electron chi connectivity index (χ3n) is 6.44. The highest BCUT2D eigenvalue weighted by Gasteiger charge is 2.61. The Balaban J connectivity index is 1.71. The molecule has 2 aromatic carbocycles. The van der Waals surface area contributed by atoms with Crippen LogP contribution < -0.4 is 5.32 Å². The second-order valence-electron chi connectivity index (χ2n) is 9.10. The number of nitrogens with one attached hydrogen (secondary N) is 1. The first kappa shape index (κ1) is 22.5. The van der Waals surface area contributed by atoms with Crippen molar-refractivity contribution in [2.75, 3.05) is 24.8 Å². The lowest BCUT2D eigenvalue weighted by Crippen LogP contribution is -2.51. The van der Waals surface area contributed by atoms with Crippen molar-refractivity contribution in [3.63, 3.8) is 0 Å². The zero-order valence-corrected chi connectivity index (χ0v) is 19.6. The van der Waals surface area contributed by atoms with Crippen molar-refractivity contribution in [3.8, 4) is 0 Å². The maximum absolute atomic E-state index is 13.5. The van der Waals surface area contributed by atoms with Crippen LogP contribution in [0.1, 0.15) is 41.5 Å². The van der Waals surface area contributed by atoms with E-state index in [2.05, 4.69) is 37.7 Å². The summed E-state index contributed by atoms with van der Waals surface area (Å²) in [7, 11) is -1.87. The van der Waals surface area contributed by atoms with E-state index in [4.69, 9.17) is 4.74 Å². The molecule has 1 saturated carbocycles. The zero-order chi connectivity index (χ0) is 21.9. The largest absolute Gasteiger partial charge is 0.458 e. The number of hydrogen-bond acceptors (Lipinski definition) is 3. The molecule has 30 heavy (non-hydrogen) atoms. The number of hydrogen-bond donors (Lipinski definition) is 1. The van der Waals surface area contributed by atoms with Gasteiger partial charge in [-0.15, -0.1) is 0 Å². The highest BCUT2D eigenvalue weighted by atomic mass is 31.2. The molecule has 0 heterocycles. The molecule has 0 spiro atoms. The Morgan fingerprint density at radius 1 is 1.03 bits per heavy atom. The second-order valence-corrected chi connectivity index (χ2v) is 13.6. The lowest BCUT2D eigenvalue weighted by atomic mass is 9.83. The second kappa shape index (κ2) is 8.89. The first-order valence-corrected chi connectivity index (χ1v) is 13.4. The van der Waals surface area contributed by atoms with Crippen molar-refractivity contribution in [1.29, 1.82) is 0 Å². The normalized spacial score (nSPS) is 15.2. The minimum Gasteiger partial charge on any atom is -0.458 e. The van der Waals surface area contributed by atoms with Crippen LogP contribution in [0.2, 0.25) is 0 Å². The molecule has 160 valence electrons.